The summed E-state index contributed by atoms with van der Waals surface area (Å²) in [6, 6.07) is 19.4. The molecule has 1 N–H and O–H groups in total. The summed E-state index contributed by atoms with van der Waals surface area (Å²) < 4.78 is 2.05. The highest BCUT2D eigenvalue weighted by atomic mass is 32.2. The molecule has 5 heteroatoms. The molecule has 4 nitrogen and oxygen atoms in total. The van der Waals surface area contributed by atoms with Crippen molar-refractivity contribution in [3.63, 3.8) is 0 Å². The van der Waals surface area contributed by atoms with E-state index in [2.05, 4.69) is 63.1 Å². The lowest BCUT2D eigenvalue weighted by Crippen LogP contribution is -2.27. The summed E-state index contributed by atoms with van der Waals surface area (Å²) in [4.78, 5) is 0. The van der Waals surface area contributed by atoms with Gasteiger partial charge in [-0.25, -0.2) is 0 Å². The molecule has 144 valence electrons. The van der Waals surface area contributed by atoms with Crippen molar-refractivity contribution in [2.75, 3.05) is 12.3 Å². The first-order valence-corrected chi connectivity index (χ1v) is 10.8. The minimum atomic E-state index is 0.436. The lowest BCUT2D eigenvalue weighted by molar-refractivity contribution is 0.476. The van der Waals surface area contributed by atoms with Crippen molar-refractivity contribution in [1.29, 1.82) is 0 Å². The van der Waals surface area contributed by atoms with Crippen LogP contribution in [0.3, 0.4) is 0 Å². The largest absolute Gasteiger partial charge is 0.306 e. The Morgan fingerprint density at radius 3 is 2.79 bits per heavy atom. The molecule has 0 saturated carbocycles. The van der Waals surface area contributed by atoms with Crippen LogP contribution in [0.4, 0.5) is 0 Å². The number of nitrogens with zero attached hydrogens (tertiary/aromatic N) is 3. The van der Waals surface area contributed by atoms with E-state index >= 15 is 0 Å². The van der Waals surface area contributed by atoms with E-state index in [9.17, 15) is 0 Å². The number of fused-ring (bicyclic) bond motifs is 1. The number of hydrogen-bond acceptors (Lipinski definition) is 4. The molecule has 1 aliphatic rings. The number of aromatic nitrogens is 3. The molecule has 0 spiro atoms. The molecule has 1 unspecified atom stereocenters. The highest BCUT2D eigenvalue weighted by Crippen LogP contribution is 2.29. The topological polar surface area (TPSA) is 42.7 Å². The number of nitrogens with one attached hydrogen (secondary N) is 1. The van der Waals surface area contributed by atoms with Crippen LogP contribution >= 0.6 is 11.8 Å². The first-order chi connectivity index (χ1) is 13.7. The average Bonchev–Trinajstić information content (AvgIpc) is 3.11. The average molecular weight is 391 g/mol. The van der Waals surface area contributed by atoms with Gasteiger partial charge < -0.3 is 9.88 Å². The van der Waals surface area contributed by atoms with Crippen molar-refractivity contribution in [1.82, 2.24) is 20.1 Å². The van der Waals surface area contributed by atoms with E-state index in [0.717, 1.165) is 28.8 Å². The molecule has 28 heavy (non-hydrogen) atoms. The van der Waals surface area contributed by atoms with Crippen molar-refractivity contribution in [3.05, 3.63) is 77.9 Å². The van der Waals surface area contributed by atoms with Crippen molar-refractivity contribution < 1.29 is 0 Å². The smallest absolute Gasteiger partial charge is 0.191 e. The zero-order valence-corrected chi connectivity index (χ0v) is 17.1. The van der Waals surface area contributed by atoms with Gasteiger partial charge in [0.1, 0.15) is 0 Å². The van der Waals surface area contributed by atoms with Crippen LogP contribution in [0, 0.1) is 0 Å². The Kier molecular flexibility index (Phi) is 5.93. The first-order valence-electron chi connectivity index (χ1n) is 9.78. The highest BCUT2D eigenvalue weighted by molar-refractivity contribution is 7.99. The summed E-state index contributed by atoms with van der Waals surface area (Å²) in [6.07, 6.45) is 3.64. The summed E-state index contributed by atoms with van der Waals surface area (Å²) in [6.45, 7) is 5.09. The molecule has 1 aliphatic carbocycles. The molecular weight excluding hydrogens is 364 g/mol. The summed E-state index contributed by atoms with van der Waals surface area (Å²) in [5, 5.41) is 13.3. The van der Waals surface area contributed by atoms with E-state index in [0.29, 0.717) is 6.04 Å². The van der Waals surface area contributed by atoms with Crippen LogP contribution < -0.4 is 5.32 Å². The van der Waals surface area contributed by atoms with E-state index in [4.69, 9.17) is 0 Å². The summed E-state index contributed by atoms with van der Waals surface area (Å²) in [5.74, 6) is 1.73. The molecule has 1 heterocycles. The van der Waals surface area contributed by atoms with E-state index in [1.807, 2.05) is 25.2 Å². The normalized spacial score (nSPS) is 16.0. The Labute approximate surface area is 171 Å². The molecule has 2 aromatic carbocycles. The SMILES string of the molecule is C=C(CNC1CCCc2ccccc21)CSc1nnc(-c2ccccc2)n1C. The maximum atomic E-state index is 4.36. The van der Waals surface area contributed by atoms with Crippen molar-refractivity contribution in [2.45, 2.75) is 30.5 Å². The maximum Gasteiger partial charge on any atom is 0.191 e. The van der Waals surface area contributed by atoms with Gasteiger partial charge in [0.2, 0.25) is 0 Å². The van der Waals surface area contributed by atoms with Gasteiger partial charge in [0.15, 0.2) is 11.0 Å². The zero-order chi connectivity index (χ0) is 19.3. The number of thioether (sulfide) groups is 1. The predicted octanol–water partition coefficient (Wildman–Crippen LogP) is 4.80. The van der Waals surface area contributed by atoms with Gasteiger partial charge in [-0.3, -0.25) is 0 Å². The standard InChI is InChI=1S/C23H26N4S/c1-17(15-24-21-14-8-12-18-9-6-7-13-20(18)21)16-28-23-26-25-22(27(23)2)19-10-4-3-5-11-19/h3-7,9-11,13,21,24H,1,8,12,14-16H2,2H3. The fourth-order valence-electron chi connectivity index (χ4n) is 3.73. The van der Waals surface area contributed by atoms with Gasteiger partial charge in [-0.05, 0) is 30.4 Å². The highest BCUT2D eigenvalue weighted by Gasteiger charge is 2.19. The molecule has 0 amide bonds. The van der Waals surface area contributed by atoms with Gasteiger partial charge in [0, 0.05) is 31.0 Å². The molecule has 0 fully saturated rings. The van der Waals surface area contributed by atoms with Gasteiger partial charge in [-0.1, -0.05) is 78.5 Å². The minimum Gasteiger partial charge on any atom is -0.306 e. The van der Waals surface area contributed by atoms with Gasteiger partial charge in [-0.2, -0.15) is 0 Å². The lowest BCUT2D eigenvalue weighted by Gasteiger charge is -2.26. The first kappa shape index (κ1) is 19.0. The molecule has 0 radical (unpaired) electrons. The Hall–Kier alpha value is -2.37. The van der Waals surface area contributed by atoms with Crippen LogP contribution in [0.2, 0.25) is 0 Å². The maximum absolute atomic E-state index is 4.36. The number of hydrogen-bond donors (Lipinski definition) is 1. The fourth-order valence-corrected chi connectivity index (χ4v) is 4.54. The number of aryl methyl sites for hydroxylation is 1. The minimum absolute atomic E-state index is 0.436. The third-order valence-electron chi connectivity index (χ3n) is 5.24. The Bertz CT molecular complexity index is 948. The van der Waals surface area contributed by atoms with Crippen LogP contribution in [-0.4, -0.2) is 27.1 Å². The van der Waals surface area contributed by atoms with Crippen LogP contribution in [0.15, 0.2) is 71.9 Å². The van der Waals surface area contributed by atoms with Gasteiger partial charge in [0.25, 0.3) is 0 Å². The van der Waals surface area contributed by atoms with Gasteiger partial charge in [-0.15, -0.1) is 10.2 Å². The van der Waals surface area contributed by atoms with Crippen LogP contribution in [0.25, 0.3) is 11.4 Å². The van der Waals surface area contributed by atoms with Crippen molar-refractivity contribution in [3.8, 4) is 11.4 Å². The van der Waals surface area contributed by atoms with Crippen LogP contribution in [0.1, 0.15) is 30.0 Å². The molecule has 3 aromatic rings. The van der Waals surface area contributed by atoms with Crippen LogP contribution in [0.5, 0.6) is 0 Å². The Balaban J connectivity index is 1.32. The second-order valence-electron chi connectivity index (χ2n) is 7.29. The third kappa shape index (κ3) is 4.21. The molecule has 1 aromatic heterocycles. The molecule has 1 atom stereocenters. The van der Waals surface area contributed by atoms with Gasteiger partial charge >= 0.3 is 0 Å². The molecule has 0 saturated heterocycles. The zero-order valence-electron chi connectivity index (χ0n) is 16.3. The quantitative estimate of drug-likeness (QED) is 0.465. The molecule has 4 rings (SSSR count). The number of benzene rings is 2. The monoisotopic (exact) mass is 390 g/mol. The van der Waals surface area contributed by atoms with E-state index in [-0.39, 0.29) is 0 Å². The van der Waals surface area contributed by atoms with E-state index in [1.165, 1.54) is 36.0 Å². The number of rotatable bonds is 7. The fraction of sp³-hybridized carbons (Fsp3) is 0.304. The molecule has 0 aliphatic heterocycles. The van der Waals surface area contributed by atoms with Crippen molar-refractivity contribution >= 4 is 11.8 Å². The molecular formula is C23H26N4S. The van der Waals surface area contributed by atoms with Crippen molar-refractivity contribution in [2.24, 2.45) is 7.05 Å². The summed E-state index contributed by atoms with van der Waals surface area (Å²) >= 11 is 1.69. The van der Waals surface area contributed by atoms with E-state index in [1.54, 1.807) is 11.8 Å². The third-order valence-corrected chi connectivity index (χ3v) is 6.41. The lowest BCUT2D eigenvalue weighted by atomic mass is 9.88. The summed E-state index contributed by atoms with van der Waals surface area (Å²) in [5.41, 5.74) is 5.20. The Morgan fingerprint density at radius 2 is 1.93 bits per heavy atom. The second kappa shape index (κ2) is 8.76. The van der Waals surface area contributed by atoms with E-state index < -0.39 is 0 Å². The summed E-state index contributed by atoms with van der Waals surface area (Å²) in [7, 11) is 2.02. The second-order valence-corrected chi connectivity index (χ2v) is 8.24. The predicted molar refractivity (Wildman–Crippen MR) is 116 cm³/mol. The molecule has 0 bridgehead atoms. The van der Waals surface area contributed by atoms with Gasteiger partial charge in [0.05, 0.1) is 0 Å². The Morgan fingerprint density at radius 1 is 1.14 bits per heavy atom. The van der Waals surface area contributed by atoms with Crippen LogP contribution in [-0.2, 0) is 13.5 Å².